The van der Waals surface area contributed by atoms with E-state index in [1.165, 1.54) is 0 Å². The van der Waals surface area contributed by atoms with Crippen LogP contribution in [0.3, 0.4) is 0 Å². The molecule has 0 spiro atoms. The molecule has 108 valence electrons. The second-order valence-electron chi connectivity index (χ2n) is 5.38. The van der Waals surface area contributed by atoms with Crippen molar-refractivity contribution in [1.29, 1.82) is 0 Å². The van der Waals surface area contributed by atoms with E-state index in [4.69, 9.17) is 9.84 Å². The first-order valence-corrected chi connectivity index (χ1v) is 7.08. The SMILES string of the molecule is CC(C)CCCOC(Cc1ccccc1)C(O)CO. The van der Waals surface area contributed by atoms with Crippen LogP contribution in [0.15, 0.2) is 30.3 Å². The molecule has 0 heterocycles. The predicted molar refractivity (Wildman–Crippen MR) is 77.1 cm³/mol. The smallest absolute Gasteiger partial charge is 0.103 e. The lowest BCUT2D eigenvalue weighted by Gasteiger charge is -2.22. The normalized spacial score (nSPS) is 14.6. The molecule has 0 saturated carbocycles. The molecule has 0 aliphatic rings. The zero-order chi connectivity index (χ0) is 14.1. The molecule has 0 aromatic heterocycles. The van der Waals surface area contributed by atoms with E-state index in [9.17, 15) is 5.11 Å². The molecule has 0 saturated heterocycles. The summed E-state index contributed by atoms with van der Waals surface area (Å²) in [5.74, 6) is 0.666. The van der Waals surface area contributed by atoms with E-state index in [0.717, 1.165) is 18.4 Å². The molecular weight excluding hydrogens is 240 g/mol. The summed E-state index contributed by atoms with van der Waals surface area (Å²) >= 11 is 0. The Kier molecular flexibility index (Phi) is 7.72. The first-order valence-electron chi connectivity index (χ1n) is 7.08. The van der Waals surface area contributed by atoms with Crippen LogP contribution >= 0.6 is 0 Å². The summed E-state index contributed by atoms with van der Waals surface area (Å²) in [7, 11) is 0. The molecule has 2 N–H and O–H groups in total. The van der Waals surface area contributed by atoms with E-state index in [0.29, 0.717) is 18.9 Å². The van der Waals surface area contributed by atoms with Gasteiger partial charge in [-0.2, -0.15) is 0 Å². The van der Waals surface area contributed by atoms with Crippen molar-refractivity contribution in [2.75, 3.05) is 13.2 Å². The largest absolute Gasteiger partial charge is 0.394 e. The van der Waals surface area contributed by atoms with Gasteiger partial charge in [0.25, 0.3) is 0 Å². The highest BCUT2D eigenvalue weighted by molar-refractivity contribution is 5.15. The van der Waals surface area contributed by atoms with E-state index in [2.05, 4.69) is 13.8 Å². The Balaban J connectivity index is 2.43. The Hall–Kier alpha value is -0.900. The highest BCUT2D eigenvalue weighted by atomic mass is 16.5. The number of rotatable bonds is 9. The lowest BCUT2D eigenvalue weighted by molar-refractivity contribution is -0.0583. The molecule has 1 rings (SSSR count). The number of aliphatic hydroxyl groups excluding tert-OH is 2. The van der Waals surface area contributed by atoms with E-state index >= 15 is 0 Å². The summed E-state index contributed by atoms with van der Waals surface area (Å²) in [5.41, 5.74) is 1.11. The maximum atomic E-state index is 9.81. The average molecular weight is 266 g/mol. The van der Waals surface area contributed by atoms with Crippen molar-refractivity contribution in [3.63, 3.8) is 0 Å². The number of hydrogen-bond donors (Lipinski definition) is 2. The Bertz CT molecular complexity index is 324. The van der Waals surface area contributed by atoms with Gasteiger partial charge in [-0.15, -0.1) is 0 Å². The molecule has 0 bridgehead atoms. The topological polar surface area (TPSA) is 49.7 Å². The molecule has 0 radical (unpaired) electrons. The van der Waals surface area contributed by atoms with Crippen LogP contribution in [0.4, 0.5) is 0 Å². The van der Waals surface area contributed by atoms with Crippen LogP contribution in [-0.4, -0.2) is 35.6 Å². The molecule has 0 aliphatic carbocycles. The summed E-state index contributed by atoms with van der Waals surface area (Å²) in [6, 6.07) is 9.92. The molecule has 2 unspecified atom stereocenters. The predicted octanol–water partition coefficient (Wildman–Crippen LogP) is 2.40. The molecule has 1 aromatic carbocycles. The van der Waals surface area contributed by atoms with Crippen LogP contribution in [0.5, 0.6) is 0 Å². The third kappa shape index (κ3) is 6.71. The lowest BCUT2D eigenvalue weighted by Crippen LogP contribution is -2.34. The molecular formula is C16H26O3. The highest BCUT2D eigenvalue weighted by Crippen LogP contribution is 2.11. The van der Waals surface area contributed by atoms with Crippen molar-refractivity contribution in [2.24, 2.45) is 5.92 Å². The van der Waals surface area contributed by atoms with Crippen molar-refractivity contribution in [2.45, 2.75) is 45.3 Å². The summed E-state index contributed by atoms with van der Waals surface area (Å²) in [6.07, 6.45) is 1.58. The minimum Gasteiger partial charge on any atom is -0.394 e. The molecule has 3 nitrogen and oxygen atoms in total. The quantitative estimate of drug-likeness (QED) is 0.675. The monoisotopic (exact) mass is 266 g/mol. The van der Waals surface area contributed by atoms with Gasteiger partial charge >= 0.3 is 0 Å². The van der Waals surface area contributed by atoms with Gasteiger partial charge < -0.3 is 14.9 Å². The highest BCUT2D eigenvalue weighted by Gasteiger charge is 2.19. The Morgan fingerprint density at radius 2 is 1.84 bits per heavy atom. The van der Waals surface area contributed by atoms with Crippen LogP contribution in [0.2, 0.25) is 0 Å². The lowest BCUT2D eigenvalue weighted by atomic mass is 10.0. The summed E-state index contributed by atoms with van der Waals surface area (Å²) in [5, 5.41) is 18.9. The van der Waals surface area contributed by atoms with Crippen molar-refractivity contribution in [3.05, 3.63) is 35.9 Å². The van der Waals surface area contributed by atoms with Gasteiger partial charge in [0.05, 0.1) is 12.7 Å². The van der Waals surface area contributed by atoms with Gasteiger partial charge in [-0.3, -0.25) is 0 Å². The van der Waals surface area contributed by atoms with E-state index in [1.54, 1.807) is 0 Å². The van der Waals surface area contributed by atoms with Gasteiger partial charge in [-0.25, -0.2) is 0 Å². The van der Waals surface area contributed by atoms with E-state index < -0.39 is 6.10 Å². The van der Waals surface area contributed by atoms with Gasteiger partial charge in [0.15, 0.2) is 0 Å². The van der Waals surface area contributed by atoms with Gasteiger partial charge in [-0.05, 0) is 24.3 Å². The minimum atomic E-state index is -0.820. The van der Waals surface area contributed by atoms with Crippen LogP contribution < -0.4 is 0 Å². The number of benzene rings is 1. The summed E-state index contributed by atoms with van der Waals surface area (Å²) in [4.78, 5) is 0. The second-order valence-corrected chi connectivity index (χ2v) is 5.38. The number of aliphatic hydroxyl groups is 2. The summed E-state index contributed by atoms with van der Waals surface area (Å²) < 4.78 is 5.74. The molecule has 1 aromatic rings. The van der Waals surface area contributed by atoms with Gasteiger partial charge in [-0.1, -0.05) is 44.2 Å². The number of hydrogen-bond acceptors (Lipinski definition) is 3. The first kappa shape index (κ1) is 16.2. The van der Waals surface area contributed by atoms with Crippen LogP contribution in [0.25, 0.3) is 0 Å². The Morgan fingerprint density at radius 3 is 2.42 bits per heavy atom. The van der Waals surface area contributed by atoms with Crippen LogP contribution in [-0.2, 0) is 11.2 Å². The second kappa shape index (κ2) is 9.08. The van der Waals surface area contributed by atoms with Crippen LogP contribution in [0, 0.1) is 5.92 Å². The fraction of sp³-hybridized carbons (Fsp3) is 0.625. The fourth-order valence-corrected chi connectivity index (χ4v) is 2.00. The molecule has 0 amide bonds. The zero-order valence-corrected chi connectivity index (χ0v) is 12.0. The fourth-order valence-electron chi connectivity index (χ4n) is 2.00. The first-order chi connectivity index (χ1) is 9.13. The molecule has 0 fully saturated rings. The molecule has 2 atom stereocenters. The molecule has 3 heteroatoms. The van der Waals surface area contributed by atoms with Crippen LogP contribution in [0.1, 0.15) is 32.3 Å². The van der Waals surface area contributed by atoms with Crippen molar-refractivity contribution < 1.29 is 14.9 Å². The Labute approximate surface area is 116 Å². The average Bonchev–Trinajstić information content (AvgIpc) is 2.42. The van der Waals surface area contributed by atoms with E-state index in [1.807, 2.05) is 30.3 Å². The third-order valence-electron chi connectivity index (χ3n) is 3.15. The van der Waals surface area contributed by atoms with Crippen molar-refractivity contribution in [3.8, 4) is 0 Å². The molecule has 0 aliphatic heterocycles. The maximum absolute atomic E-state index is 9.81. The zero-order valence-electron chi connectivity index (χ0n) is 12.0. The minimum absolute atomic E-state index is 0.262. The third-order valence-corrected chi connectivity index (χ3v) is 3.15. The van der Waals surface area contributed by atoms with E-state index in [-0.39, 0.29) is 12.7 Å². The molecule has 19 heavy (non-hydrogen) atoms. The maximum Gasteiger partial charge on any atom is 0.103 e. The van der Waals surface area contributed by atoms with Gasteiger partial charge in [0, 0.05) is 13.0 Å². The van der Waals surface area contributed by atoms with Crippen molar-refractivity contribution in [1.82, 2.24) is 0 Å². The summed E-state index contributed by atoms with van der Waals surface area (Å²) in [6.45, 7) is 4.74. The van der Waals surface area contributed by atoms with Gasteiger partial charge in [0.1, 0.15) is 6.10 Å². The number of ether oxygens (including phenoxy) is 1. The van der Waals surface area contributed by atoms with Crippen molar-refractivity contribution >= 4 is 0 Å². The Morgan fingerprint density at radius 1 is 1.16 bits per heavy atom. The van der Waals surface area contributed by atoms with Gasteiger partial charge in [0.2, 0.25) is 0 Å². The standard InChI is InChI=1S/C16H26O3/c1-13(2)7-6-10-19-16(15(18)12-17)11-14-8-4-3-5-9-14/h3-5,8-9,13,15-18H,6-7,10-12H2,1-2H3.